The van der Waals surface area contributed by atoms with Crippen molar-refractivity contribution in [3.8, 4) is 5.75 Å². The van der Waals surface area contributed by atoms with E-state index in [1.54, 1.807) is 0 Å². The van der Waals surface area contributed by atoms with Gasteiger partial charge in [-0.25, -0.2) is 4.98 Å². The van der Waals surface area contributed by atoms with Crippen LogP contribution in [-0.4, -0.2) is 9.55 Å². The number of aryl methyl sites for hydroxylation is 1. The average molecular weight is 449 g/mol. The maximum Gasteiger partial charge on any atom is 0.147 e. The van der Waals surface area contributed by atoms with Crippen LogP contribution < -0.4 is 4.74 Å². The molecule has 1 heterocycles. The number of rotatable bonds is 18. The monoisotopic (exact) mass is 448 g/mol. The molecule has 0 saturated heterocycles. The quantitative estimate of drug-likeness (QED) is 0.181. The minimum Gasteiger partial charge on any atom is -0.486 e. The van der Waals surface area contributed by atoms with Crippen LogP contribution in [0.1, 0.15) is 103 Å². The summed E-state index contributed by atoms with van der Waals surface area (Å²) in [4.78, 5) is 4.85. The first-order chi connectivity index (χ1) is 16.4. The lowest BCUT2D eigenvalue weighted by Crippen LogP contribution is -2.07. The summed E-state index contributed by atoms with van der Waals surface area (Å²) in [5, 5.41) is 0. The lowest BCUT2D eigenvalue weighted by Gasteiger charge is -2.10. The summed E-state index contributed by atoms with van der Waals surface area (Å²) in [5.74, 6) is 1.92. The van der Waals surface area contributed by atoms with Gasteiger partial charge in [0.15, 0.2) is 0 Å². The molecule has 0 aliphatic carbocycles. The van der Waals surface area contributed by atoms with Gasteiger partial charge in [0.25, 0.3) is 0 Å². The highest BCUT2D eigenvalue weighted by Gasteiger charge is 2.11. The number of hydrogen-bond acceptors (Lipinski definition) is 2. The minimum absolute atomic E-state index is 0.511. The number of fused-ring (bicyclic) bond motifs is 1. The number of para-hydroxylation sites is 3. The molecule has 0 spiro atoms. The van der Waals surface area contributed by atoms with E-state index in [9.17, 15) is 0 Å². The Balaban J connectivity index is 1.31. The predicted octanol–water partition coefficient (Wildman–Crippen LogP) is 9.10. The van der Waals surface area contributed by atoms with Crippen LogP contribution in [0.25, 0.3) is 11.0 Å². The summed E-state index contributed by atoms with van der Waals surface area (Å²) in [7, 11) is 0. The van der Waals surface area contributed by atoms with Crippen molar-refractivity contribution in [1.29, 1.82) is 0 Å². The molecule has 0 N–H and O–H groups in total. The van der Waals surface area contributed by atoms with Crippen molar-refractivity contribution in [1.82, 2.24) is 9.55 Å². The zero-order valence-corrected chi connectivity index (χ0v) is 20.8. The second-order valence-electron chi connectivity index (χ2n) is 9.37. The minimum atomic E-state index is 0.511. The van der Waals surface area contributed by atoms with E-state index in [0.29, 0.717) is 6.61 Å². The summed E-state index contributed by atoms with van der Waals surface area (Å²) < 4.78 is 8.36. The van der Waals surface area contributed by atoms with Crippen molar-refractivity contribution in [3.63, 3.8) is 0 Å². The third-order valence-electron chi connectivity index (χ3n) is 6.58. The van der Waals surface area contributed by atoms with Crippen LogP contribution >= 0.6 is 0 Å². The highest BCUT2D eigenvalue weighted by molar-refractivity contribution is 5.75. The standard InChI is InChI=1S/C30H44N2O/c1-2-3-4-5-6-7-8-9-10-11-12-13-14-20-25-32-29-24-19-18-23-28(29)31-30(32)26-33-27-21-16-15-17-22-27/h15-19,21-24H,2-14,20,25-26H2,1H3. The summed E-state index contributed by atoms with van der Waals surface area (Å²) >= 11 is 0. The van der Waals surface area contributed by atoms with Crippen molar-refractivity contribution in [2.75, 3.05) is 0 Å². The Bertz CT molecular complexity index is 887. The first-order valence-corrected chi connectivity index (χ1v) is 13.5. The third-order valence-corrected chi connectivity index (χ3v) is 6.58. The summed E-state index contributed by atoms with van der Waals surface area (Å²) in [6.07, 6.45) is 19.5. The van der Waals surface area contributed by atoms with Crippen molar-refractivity contribution in [2.45, 2.75) is 110 Å². The zero-order valence-electron chi connectivity index (χ0n) is 20.8. The lowest BCUT2D eigenvalue weighted by atomic mass is 10.0. The number of unbranched alkanes of at least 4 members (excludes halogenated alkanes) is 13. The molecular formula is C30H44N2O. The van der Waals surface area contributed by atoms with E-state index in [1.165, 1.54) is 95.4 Å². The van der Waals surface area contributed by atoms with Gasteiger partial charge in [0.1, 0.15) is 18.2 Å². The van der Waals surface area contributed by atoms with Crippen LogP contribution in [0.2, 0.25) is 0 Å². The van der Waals surface area contributed by atoms with Gasteiger partial charge in [-0.15, -0.1) is 0 Å². The topological polar surface area (TPSA) is 27.1 Å². The molecule has 0 aliphatic rings. The summed E-state index contributed by atoms with van der Waals surface area (Å²) in [5.41, 5.74) is 2.29. The van der Waals surface area contributed by atoms with Crippen LogP contribution in [0.15, 0.2) is 54.6 Å². The van der Waals surface area contributed by atoms with Gasteiger partial charge in [0.05, 0.1) is 11.0 Å². The molecule has 0 atom stereocenters. The number of ether oxygens (including phenoxy) is 1. The molecule has 3 rings (SSSR count). The molecule has 0 radical (unpaired) electrons. The molecule has 0 saturated carbocycles. The Morgan fingerprint density at radius 3 is 1.82 bits per heavy atom. The van der Waals surface area contributed by atoms with E-state index in [-0.39, 0.29) is 0 Å². The highest BCUT2D eigenvalue weighted by atomic mass is 16.5. The van der Waals surface area contributed by atoms with Gasteiger partial charge >= 0.3 is 0 Å². The maximum absolute atomic E-state index is 6.00. The first kappa shape index (κ1) is 25.3. The molecule has 33 heavy (non-hydrogen) atoms. The smallest absolute Gasteiger partial charge is 0.147 e. The molecule has 0 amide bonds. The van der Waals surface area contributed by atoms with Crippen LogP contribution in [0.5, 0.6) is 5.75 Å². The summed E-state index contributed by atoms with van der Waals surface area (Å²) in [6.45, 7) is 3.82. The van der Waals surface area contributed by atoms with Gasteiger partial charge in [-0.3, -0.25) is 0 Å². The fourth-order valence-electron chi connectivity index (χ4n) is 4.61. The predicted molar refractivity (Wildman–Crippen MR) is 141 cm³/mol. The fraction of sp³-hybridized carbons (Fsp3) is 0.567. The Morgan fingerprint density at radius 2 is 1.18 bits per heavy atom. The normalized spacial score (nSPS) is 11.3. The van der Waals surface area contributed by atoms with E-state index in [2.05, 4.69) is 35.8 Å². The number of benzene rings is 2. The van der Waals surface area contributed by atoms with Crippen LogP contribution in [-0.2, 0) is 13.2 Å². The van der Waals surface area contributed by atoms with E-state index in [1.807, 2.05) is 30.3 Å². The van der Waals surface area contributed by atoms with E-state index < -0.39 is 0 Å². The van der Waals surface area contributed by atoms with Gasteiger partial charge in [-0.1, -0.05) is 121 Å². The number of hydrogen-bond donors (Lipinski definition) is 0. The van der Waals surface area contributed by atoms with Crippen molar-refractivity contribution in [3.05, 3.63) is 60.4 Å². The van der Waals surface area contributed by atoms with Crippen molar-refractivity contribution < 1.29 is 4.74 Å². The Labute approximate surface area is 201 Å². The first-order valence-electron chi connectivity index (χ1n) is 13.5. The van der Waals surface area contributed by atoms with Gasteiger partial charge < -0.3 is 9.30 Å². The molecule has 1 aromatic heterocycles. The second kappa shape index (κ2) is 15.5. The largest absolute Gasteiger partial charge is 0.486 e. The molecule has 0 bridgehead atoms. The molecule has 0 unspecified atom stereocenters. The van der Waals surface area contributed by atoms with Gasteiger partial charge in [0, 0.05) is 6.54 Å². The van der Waals surface area contributed by atoms with Gasteiger partial charge in [-0.2, -0.15) is 0 Å². The van der Waals surface area contributed by atoms with Crippen LogP contribution in [0.4, 0.5) is 0 Å². The van der Waals surface area contributed by atoms with Gasteiger partial charge in [0.2, 0.25) is 0 Å². The second-order valence-corrected chi connectivity index (χ2v) is 9.37. The van der Waals surface area contributed by atoms with Crippen molar-refractivity contribution >= 4 is 11.0 Å². The van der Waals surface area contributed by atoms with E-state index in [0.717, 1.165) is 23.6 Å². The maximum atomic E-state index is 6.00. The number of nitrogens with zero attached hydrogens (tertiary/aromatic N) is 2. The van der Waals surface area contributed by atoms with Crippen LogP contribution in [0.3, 0.4) is 0 Å². The van der Waals surface area contributed by atoms with Crippen molar-refractivity contribution in [2.24, 2.45) is 0 Å². The summed E-state index contributed by atoms with van der Waals surface area (Å²) in [6, 6.07) is 18.5. The molecule has 2 aromatic carbocycles. The van der Waals surface area contributed by atoms with E-state index >= 15 is 0 Å². The Morgan fingerprint density at radius 1 is 0.636 bits per heavy atom. The molecule has 180 valence electrons. The molecule has 3 nitrogen and oxygen atoms in total. The molecular weight excluding hydrogens is 404 g/mol. The zero-order chi connectivity index (χ0) is 23.0. The number of imidazole rings is 1. The van der Waals surface area contributed by atoms with Gasteiger partial charge in [-0.05, 0) is 30.7 Å². The molecule has 0 aliphatic heterocycles. The lowest BCUT2D eigenvalue weighted by molar-refractivity contribution is 0.289. The van der Waals surface area contributed by atoms with Crippen LogP contribution in [0, 0.1) is 0 Å². The molecule has 3 heteroatoms. The molecule has 0 fully saturated rings. The highest BCUT2D eigenvalue weighted by Crippen LogP contribution is 2.20. The number of aromatic nitrogens is 2. The SMILES string of the molecule is CCCCCCCCCCCCCCCCn1c(COc2ccccc2)nc2ccccc21. The average Bonchev–Trinajstić information content (AvgIpc) is 3.21. The fourth-order valence-corrected chi connectivity index (χ4v) is 4.61. The van der Waals surface area contributed by atoms with E-state index in [4.69, 9.17) is 9.72 Å². The Kier molecular flexibility index (Phi) is 11.9. The molecule has 3 aromatic rings. The third kappa shape index (κ3) is 9.23. The Hall–Kier alpha value is -2.29.